The van der Waals surface area contributed by atoms with Gasteiger partial charge in [-0.15, -0.1) is 0 Å². The molecule has 0 fully saturated rings. The van der Waals surface area contributed by atoms with Crippen molar-refractivity contribution in [2.24, 2.45) is 0 Å². The number of fused-ring (bicyclic) bond motifs is 1. The Morgan fingerprint density at radius 2 is 2.05 bits per heavy atom. The monoisotopic (exact) mass is 292 g/mol. The van der Waals surface area contributed by atoms with E-state index >= 15 is 0 Å². The molecule has 0 spiro atoms. The molecular formula is C17H12N2O3. The minimum Gasteiger partial charge on any atom is -0.478 e. The summed E-state index contributed by atoms with van der Waals surface area (Å²) in [5.41, 5.74) is 2.85. The Balaban J connectivity index is 1.82. The summed E-state index contributed by atoms with van der Waals surface area (Å²) in [6.45, 7) is 0. The van der Waals surface area contributed by atoms with E-state index in [9.17, 15) is 4.79 Å². The molecule has 1 heterocycles. The molecule has 22 heavy (non-hydrogen) atoms. The molecule has 5 heteroatoms. The third-order valence-corrected chi connectivity index (χ3v) is 3.43. The highest BCUT2D eigenvalue weighted by Gasteiger charge is 2.10. The van der Waals surface area contributed by atoms with Crippen LogP contribution in [0.1, 0.15) is 27.4 Å². The number of hydrogen-bond donors (Lipinski definition) is 1. The van der Waals surface area contributed by atoms with Crippen molar-refractivity contribution < 1.29 is 14.3 Å². The number of carboxylic acid groups (broad SMARTS) is 1. The molecule has 0 atom stereocenters. The van der Waals surface area contributed by atoms with Gasteiger partial charge in [0, 0.05) is 6.42 Å². The van der Waals surface area contributed by atoms with Crippen LogP contribution in [0.15, 0.2) is 46.9 Å². The summed E-state index contributed by atoms with van der Waals surface area (Å²) in [5.74, 6) is -0.465. The second-order valence-corrected chi connectivity index (χ2v) is 4.86. The Morgan fingerprint density at radius 3 is 2.82 bits per heavy atom. The molecule has 108 valence electrons. The van der Waals surface area contributed by atoms with Crippen molar-refractivity contribution in [2.75, 3.05) is 0 Å². The van der Waals surface area contributed by atoms with E-state index in [1.165, 1.54) is 12.1 Å². The number of nitriles is 1. The summed E-state index contributed by atoms with van der Waals surface area (Å²) in [6, 6.07) is 14.2. The quantitative estimate of drug-likeness (QED) is 0.798. The predicted molar refractivity (Wildman–Crippen MR) is 79.5 cm³/mol. The van der Waals surface area contributed by atoms with Gasteiger partial charge in [-0.3, -0.25) is 0 Å². The van der Waals surface area contributed by atoms with Crippen molar-refractivity contribution in [3.05, 3.63) is 65.0 Å². The second kappa shape index (κ2) is 5.70. The number of hydrogen-bond acceptors (Lipinski definition) is 4. The Kier molecular flexibility index (Phi) is 3.58. The maximum absolute atomic E-state index is 10.9. The van der Waals surface area contributed by atoms with Gasteiger partial charge in [-0.1, -0.05) is 18.2 Å². The minimum absolute atomic E-state index is 0.171. The van der Waals surface area contributed by atoms with E-state index in [0.717, 1.165) is 5.56 Å². The lowest BCUT2D eigenvalue weighted by atomic mass is 10.0. The van der Waals surface area contributed by atoms with Gasteiger partial charge in [0.1, 0.15) is 5.52 Å². The van der Waals surface area contributed by atoms with E-state index in [1.54, 1.807) is 12.1 Å². The summed E-state index contributed by atoms with van der Waals surface area (Å²) < 4.78 is 5.60. The summed E-state index contributed by atoms with van der Waals surface area (Å²) >= 11 is 0. The van der Waals surface area contributed by atoms with E-state index < -0.39 is 5.97 Å². The number of rotatable bonds is 4. The highest BCUT2D eigenvalue weighted by atomic mass is 16.4. The molecule has 0 aliphatic heterocycles. The number of aryl methyl sites for hydroxylation is 2. The molecule has 2 aromatic carbocycles. The van der Waals surface area contributed by atoms with E-state index in [1.807, 2.05) is 18.2 Å². The van der Waals surface area contributed by atoms with Gasteiger partial charge in [-0.2, -0.15) is 5.26 Å². The molecule has 0 saturated carbocycles. The Hall–Kier alpha value is -3.13. The molecule has 1 N–H and O–H groups in total. The summed E-state index contributed by atoms with van der Waals surface area (Å²) in [7, 11) is 0. The first-order chi connectivity index (χ1) is 10.7. The lowest BCUT2D eigenvalue weighted by molar-refractivity contribution is 0.0697. The smallest absolute Gasteiger partial charge is 0.335 e. The number of aromatic nitrogens is 1. The van der Waals surface area contributed by atoms with Crippen LogP contribution in [-0.4, -0.2) is 16.1 Å². The van der Waals surface area contributed by atoms with Crippen LogP contribution < -0.4 is 0 Å². The summed E-state index contributed by atoms with van der Waals surface area (Å²) in [5, 5.41) is 18.0. The first-order valence-electron chi connectivity index (χ1n) is 6.78. The fourth-order valence-electron chi connectivity index (χ4n) is 2.30. The zero-order valence-electron chi connectivity index (χ0n) is 11.6. The molecule has 0 aliphatic rings. The van der Waals surface area contributed by atoms with Crippen LogP contribution in [0.3, 0.4) is 0 Å². The fraction of sp³-hybridized carbons (Fsp3) is 0.118. The van der Waals surface area contributed by atoms with Gasteiger partial charge >= 0.3 is 5.97 Å². The van der Waals surface area contributed by atoms with Crippen LogP contribution in [0, 0.1) is 11.3 Å². The minimum atomic E-state index is -0.997. The molecule has 1 aromatic heterocycles. The first kappa shape index (κ1) is 13.8. The molecule has 0 saturated heterocycles. The van der Waals surface area contributed by atoms with Crippen LogP contribution in [-0.2, 0) is 12.8 Å². The van der Waals surface area contributed by atoms with Crippen LogP contribution in [0.5, 0.6) is 0 Å². The van der Waals surface area contributed by atoms with Crippen molar-refractivity contribution in [1.82, 2.24) is 4.98 Å². The first-order valence-corrected chi connectivity index (χ1v) is 6.78. The van der Waals surface area contributed by atoms with Gasteiger partial charge in [0.05, 0.1) is 17.2 Å². The summed E-state index contributed by atoms with van der Waals surface area (Å²) in [4.78, 5) is 15.3. The maximum atomic E-state index is 10.9. The van der Waals surface area contributed by atoms with Crippen molar-refractivity contribution in [3.63, 3.8) is 0 Å². The van der Waals surface area contributed by atoms with Crippen molar-refractivity contribution >= 4 is 17.1 Å². The van der Waals surface area contributed by atoms with Gasteiger partial charge in [-0.25, -0.2) is 9.78 Å². The Bertz CT molecular complexity index is 890. The normalized spacial score (nSPS) is 10.5. The van der Waals surface area contributed by atoms with Crippen LogP contribution in [0.4, 0.5) is 0 Å². The Morgan fingerprint density at radius 1 is 1.23 bits per heavy atom. The van der Waals surface area contributed by atoms with E-state index in [4.69, 9.17) is 14.8 Å². The number of carboxylic acids is 1. The molecule has 0 radical (unpaired) electrons. The van der Waals surface area contributed by atoms with Gasteiger partial charge in [0.25, 0.3) is 0 Å². The number of oxazole rings is 1. The Labute approximate surface area is 126 Å². The highest BCUT2D eigenvalue weighted by Crippen LogP contribution is 2.19. The average Bonchev–Trinajstić information content (AvgIpc) is 2.95. The number of aromatic carboxylic acids is 1. The summed E-state index contributed by atoms with van der Waals surface area (Å²) in [6.07, 6.45) is 1.19. The van der Waals surface area contributed by atoms with Crippen LogP contribution >= 0.6 is 0 Å². The fourth-order valence-corrected chi connectivity index (χ4v) is 2.30. The van der Waals surface area contributed by atoms with E-state index in [2.05, 4.69) is 11.1 Å². The third kappa shape index (κ3) is 2.67. The van der Waals surface area contributed by atoms with Crippen LogP contribution in [0.25, 0.3) is 11.1 Å². The van der Waals surface area contributed by atoms with Gasteiger partial charge in [-0.05, 0) is 36.2 Å². The highest BCUT2D eigenvalue weighted by molar-refractivity contribution is 5.91. The number of carbonyl (C=O) groups is 1. The van der Waals surface area contributed by atoms with Crippen molar-refractivity contribution in [2.45, 2.75) is 12.8 Å². The van der Waals surface area contributed by atoms with Crippen molar-refractivity contribution in [3.8, 4) is 6.07 Å². The van der Waals surface area contributed by atoms with Gasteiger partial charge in [0.15, 0.2) is 11.5 Å². The molecule has 0 aliphatic carbocycles. The standard InChI is InChI=1S/C17H12N2O3/c18-10-13-4-2-1-3-11(13)6-8-16-19-14-7-5-12(17(20)21)9-15(14)22-16/h1-5,7,9H,6,8H2,(H,20,21). The molecule has 0 amide bonds. The van der Waals surface area contributed by atoms with Gasteiger partial charge in [0.2, 0.25) is 0 Å². The van der Waals surface area contributed by atoms with Gasteiger partial charge < -0.3 is 9.52 Å². The SMILES string of the molecule is N#Cc1ccccc1CCc1nc2ccc(C(=O)O)cc2o1. The number of benzene rings is 2. The van der Waals surface area contributed by atoms with E-state index in [-0.39, 0.29) is 5.56 Å². The second-order valence-electron chi connectivity index (χ2n) is 4.86. The molecule has 3 rings (SSSR count). The lowest BCUT2D eigenvalue weighted by Gasteiger charge is -2.00. The zero-order valence-corrected chi connectivity index (χ0v) is 11.6. The maximum Gasteiger partial charge on any atom is 0.335 e. The molecule has 5 nitrogen and oxygen atoms in total. The molecule has 0 bridgehead atoms. The van der Waals surface area contributed by atoms with Crippen molar-refractivity contribution in [1.29, 1.82) is 5.26 Å². The molecular weight excluding hydrogens is 280 g/mol. The molecule has 3 aromatic rings. The largest absolute Gasteiger partial charge is 0.478 e. The average molecular weight is 292 g/mol. The van der Waals surface area contributed by atoms with E-state index in [0.29, 0.717) is 35.4 Å². The molecule has 0 unspecified atom stereocenters. The lowest BCUT2D eigenvalue weighted by Crippen LogP contribution is -1.94. The predicted octanol–water partition coefficient (Wildman–Crippen LogP) is 3.18. The van der Waals surface area contributed by atoms with Crippen LogP contribution in [0.2, 0.25) is 0 Å². The number of nitrogens with zero attached hydrogens (tertiary/aromatic N) is 2. The zero-order chi connectivity index (χ0) is 15.5. The topological polar surface area (TPSA) is 87.1 Å². The third-order valence-electron chi connectivity index (χ3n) is 3.43.